The average molecular weight is 280 g/mol. The molecule has 1 saturated heterocycles. The van der Waals surface area contributed by atoms with Crippen LogP contribution in [0.15, 0.2) is 0 Å². The van der Waals surface area contributed by atoms with Gasteiger partial charge in [-0.15, -0.1) is 0 Å². The minimum Gasteiger partial charge on any atom is -0.392 e. The van der Waals surface area contributed by atoms with Gasteiger partial charge in [-0.25, -0.2) is 8.42 Å². The van der Waals surface area contributed by atoms with Gasteiger partial charge in [-0.05, 0) is 19.3 Å². The third-order valence-corrected chi connectivity index (χ3v) is 6.06. The second kappa shape index (κ2) is 5.60. The molecule has 0 aromatic heterocycles. The zero-order valence-corrected chi connectivity index (χ0v) is 12.1. The summed E-state index contributed by atoms with van der Waals surface area (Å²) >= 11 is 4.76. The number of rotatable bonds is 4. The molecular weight excluding hydrogens is 260 g/mol. The van der Waals surface area contributed by atoms with Crippen molar-refractivity contribution in [2.45, 2.75) is 31.6 Å². The lowest BCUT2D eigenvalue weighted by Gasteiger charge is -2.36. The zero-order chi connectivity index (χ0) is 13.2. The van der Waals surface area contributed by atoms with Crippen molar-refractivity contribution in [3.8, 4) is 0 Å². The number of thiocarbonyl (C=S) groups is 1. The van der Waals surface area contributed by atoms with Crippen molar-refractivity contribution in [3.63, 3.8) is 0 Å². The van der Waals surface area contributed by atoms with E-state index in [1.54, 1.807) is 7.11 Å². The first-order chi connectivity index (χ1) is 7.80. The van der Waals surface area contributed by atoms with Crippen molar-refractivity contribution >= 4 is 27.2 Å². The van der Waals surface area contributed by atoms with E-state index in [-0.39, 0.29) is 11.1 Å². The monoisotopic (exact) mass is 280 g/mol. The summed E-state index contributed by atoms with van der Waals surface area (Å²) in [4.78, 5) is 0.0117. The molecule has 17 heavy (non-hydrogen) atoms. The van der Waals surface area contributed by atoms with Gasteiger partial charge < -0.3 is 10.5 Å². The minimum absolute atomic E-state index is 0.0117. The molecule has 1 fully saturated rings. The number of ether oxygens (including phenoxy) is 1. The maximum absolute atomic E-state index is 12.2. The Morgan fingerprint density at radius 3 is 2.65 bits per heavy atom. The van der Waals surface area contributed by atoms with E-state index >= 15 is 0 Å². The van der Waals surface area contributed by atoms with Gasteiger partial charge in [0, 0.05) is 20.2 Å². The normalized spacial score (nSPS) is 28.9. The highest BCUT2D eigenvalue weighted by Crippen LogP contribution is 2.23. The Bertz CT molecular complexity index is 383. The van der Waals surface area contributed by atoms with Crippen LogP contribution in [0, 0.1) is 5.92 Å². The number of hydrogen-bond acceptors (Lipinski definition) is 4. The van der Waals surface area contributed by atoms with Gasteiger partial charge in [0.15, 0.2) is 0 Å². The highest BCUT2D eigenvalue weighted by molar-refractivity contribution is 7.92. The van der Waals surface area contributed by atoms with Crippen LogP contribution in [0.5, 0.6) is 0 Å². The van der Waals surface area contributed by atoms with Crippen LogP contribution in [0.3, 0.4) is 0 Å². The van der Waals surface area contributed by atoms with Gasteiger partial charge in [-0.1, -0.05) is 19.1 Å². The molecule has 1 heterocycles. The van der Waals surface area contributed by atoms with E-state index in [1.165, 1.54) is 11.2 Å². The van der Waals surface area contributed by atoms with Crippen molar-refractivity contribution < 1.29 is 13.2 Å². The Morgan fingerprint density at radius 2 is 2.18 bits per heavy atom. The summed E-state index contributed by atoms with van der Waals surface area (Å²) in [6.07, 6.45) is 0.735. The first-order valence-electron chi connectivity index (χ1n) is 5.61. The van der Waals surface area contributed by atoms with Crippen LogP contribution in [0.1, 0.15) is 20.3 Å². The van der Waals surface area contributed by atoms with Gasteiger partial charge >= 0.3 is 0 Å². The first kappa shape index (κ1) is 14.8. The third kappa shape index (κ3) is 3.15. The predicted molar refractivity (Wildman–Crippen MR) is 71.3 cm³/mol. The largest absolute Gasteiger partial charge is 0.392 e. The fraction of sp³-hybridized carbons (Fsp3) is 0.900. The number of nitrogens with zero attached hydrogens (tertiary/aromatic N) is 1. The van der Waals surface area contributed by atoms with Gasteiger partial charge in [0.1, 0.15) is 5.25 Å². The summed E-state index contributed by atoms with van der Waals surface area (Å²) in [6.45, 7) is 4.48. The van der Waals surface area contributed by atoms with Crippen LogP contribution in [0.4, 0.5) is 0 Å². The van der Waals surface area contributed by atoms with Gasteiger partial charge in [-0.2, -0.15) is 4.31 Å². The molecule has 0 saturated carbocycles. The minimum atomic E-state index is -3.44. The van der Waals surface area contributed by atoms with Gasteiger partial charge in [0.2, 0.25) is 10.0 Å². The number of methoxy groups -OCH3 is 1. The Labute approximate surface area is 108 Å². The highest BCUT2D eigenvalue weighted by Gasteiger charge is 2.36. The van der Waals surface area contributed by atoms with Gasteiger partial charge in [0.05, 0.1) is 11.1 Å². The molecule has 2 N–H and O–H groups in total. The lowest BCUT2D eigenvalue weighted by Crippen LogP contribution is -2.51. The maximum atomic E-state index is 12.2. The molecular formula is C10H20N2O3S2. The molecule has 1 aliphatic heterocycles. The Balaban J connectivity index is 2.83. The predicted octanol–water partition coefficient (Wildman–Crippen LogP) is 0.348. The van der Waals surface area contributed by atoms with Crippen molar-refractivity contribution in [2.75, 3.05) is 20.2 Å². The average Bonchev–Trinajstić information content (AvgIpc) is 2.28. The van der Waals surface area contributed by atoms with Crippen molar-refractivity contribution in [2.24, 2.45) is 11.7 Å². The first-order valence-corrected chi connectivity index (χ1v) is 7.53. The number of sulfonamides is 1. The molecule has 1 aliphatic rings. The Kier molecular flexibility index (Phi) is 4.88. The van der Waals surface area contributed by atoms with E-state index < -0.39 is 15.3 Å². The molecule has 3 unspecified atom stereocenters. The summed E-state index contributed by atoms with van der Waals surface area (Å²) in [5.74, 6) is 0.367. The Hall–Kier alpha value is -0.240. The standard InChI is InChI=1S/C10H20N2O3S2/c1-7-4-5-12(6-9(7)15-3)17(13,14)8(2)10(11)16/h7-9H,4-6H2,1-3H3,(H2,11,16). The maximum Gasteiger partial charge on any atom is 0.223 e. The molecule has 5 nitrogen and oxygen atoms in total. The fourth-order valence-electron chi connectivity index (χ4n) is 1.91. The summed E-state index contributed by atoms with van der Waals surface area (Å²) in [7, 11) is -1.84. The Morgan fingerprint density at radius 1 is 1.59 bits per heavy atom. The van der Waals surface area contributed by atoms with Crippen LogP contribution < -0.4 is 5.73 Å². The van der Waals surface area contributed by atoms with Crippen molar-refractivity contribution in [3.05, 3.63) is 0 Å². The summed E-state index contributed by atoms with van der Waals surface area (Å²) in [6, 6.07) is 0. The molecule has 0 radical (unpaired) electrons. The molecule has 0 amide bonds. The number of hydrogen-bond donors (Lipinski definition) is 1. The van der Waals surface area contributed by atoms with Crippen LogP contribution in [-0.4, -0.2) is 49.3 Å². The topological polar surface area (TPSA) is 72.6 Å². The molecule has 0 aromatic carbocycles. The molecule has 0 aliphatic carbocycles. The quantitative estimate of drug-likeness (QED) is 0.752. The lowest BCUT2D eigenvalue weighted by atomic mass is 9.97. The van der Waals surface area contributed by atoms with Gasteiger partial charge in [0.25, 0.3) is 0 Å². The van der Waals surface area contributed by atoms with Crippen LogP contribution >= 0.6 is 12.2 Å². The summed E-state index contributed by atoms with van der Waals surface area (Å²) in [5, 5.41) is -0.816. The SMILES string of the molecule is COC1CN(S(=O)(=O)C(C)C(N)=S)CCC1C. The van der Waals surface area contributed by atoms with Crippen LogP contribution in [0.2, 0.25) is 0 Å². The lowest BCUT2D eigenvalue weighted by molar-refractivity contribution is 0.0183. The number of nitrogens with two attached hydrogens (primary N) is 1. The summed E-state index contributed by atoms with van der Waals surface area (Å²) in [5.41, 5.74) is 5.42. The molecule has 100 valence electrons. The smallest absolute Gasteiger partial charge is 0.223 e. The molecule has 0 bridgehead atoms. The highest BCUT2D eigenvalue weighted by atomic mass is 32.2. The van der Waals surface area contributed by atoms with Crippen molar-refractivity contribution in [1.82, 2.24) is 4.31 Å². The van der Waals surface area contributed by atoms with Gasteiger partial charge in [-0.3, -0.25) is 0 Å². The zero-order valence-electron chi connectivity index (χ0n) is 10.4. The third-order valence-electron chi connectivity index (χ3n) is 3.36. The fourth-order valence-corrected chi connectivity index (χ4v) is 3.73. The number of piperidine rings is 1. The van der Waals surface area contributed by atoms with Crippen molar-refractivity contribution in [1.29, 1.82) is 0 Å². The van der Waals surface area contributed by atoms with E-state index in [1.807, 2.05) is 0 Å². The molecule has 0 aromatic rings. The van der Waals surface area contributed by atoms with Crippen LogP contribution in [-0.2, 0) is 14.8 Å². The second-order valence-corrected chi connectivity index (χ2v) is 7.21. The van der Waals surface area contributed by atoms with E-state index in [2.05, 4.69) is 6.92 Å². The molecule has 0 spiro atoms. The summed E-state index contributed by atoms with van der Waals surface area (Å²) < 4.78 is 31.1. The van der Waals surface area contributed by atoms with Crippen LogP contribution in [0.25, 0.3) is 0 Å². The second-order valence-electron chi connectivity index (χ2n) is 4.49. The van der Waals surface area contributed by atoms with E-state index in [9.17, 15) is 8.42 Å². The van der Waals surface area contributed by atoms with E-state index in [0.29, 0.717) is 19.0 Å². The molecule has 7 heteroatoms. The molecule has 1 rings (SSSR count). The van der Waals surface area contributed by atoms with E-state index in [4.69, 9.17) is 22.7 Å². The van der Waals surface area contributed by atoms with E-state index in [0.717, 1.165) is 6.42 Å². The molecule has 3 atom stereocenters.